The first-order valence-corrected chi connectivity index (χ1v) is 9.00. The molecule has 1 aromatic heterocycles. The molecular formula is C18H27NO4S. The van der Waals surface area contributed by atoms with Crippen molar-refractivity contribution in [3.05, 3.63) is 22.7 Å². The number of aromatic nitrogens is 1. The van der Waals surface area contributed by atoms with E-state index in [0.717, 1.165) is 5.01 Å². The van der Waals surface area contributed by atoms with Crippen LogP contribution in [0.4, 0.5) is 0 Å². The van der Waals surface area contributed by atoms with Crippen LogP contribution in [0.25, 0.3) is 6.08 Å². The molecule has 2 atom stereocenters. The van der Waals surface area contributed by atoms with E-state index < -0.39 is 28.9 Å². The summed E-state index contributed by atoms with van der Waals surface area (Å²) in [5, 5.41) is 12.4. The molecule has 0 saturated carbocycles. The Hall–Kier alpha value is -1.69. The zero-order chi connectivity index (χ0) is 18.4. The summed E-state index contributed by atoms with van der Waals surface area (Å²) in [5.74, 6) is -2.18. The number of carbonyl (C=O) groups excluding carboxylic acids is 1. The summed E-state index contributed by atoms with van der Waals surface area (Å²) in [6, 6.07) is 0. The molecule has 24 heavy (non-hydrogen) atoms. The molecule has 0 aliphatic heterocycles. The molecule has 1 N–H and O–H groups in total. The van der Waals surface area contributed by atoms with Gasteiger partial charge in [0.25, 0.3) is 0 Å². The van der Waals surface area contributed by atoms with E-state index in [0.29, 0.717) is 19.3 Å². The highest BCUT2D eigenvalue weighted by Crippen LogP contribution is 2.37. The maximum atomic E-state index is 12.6. The molecule has 134 valence electrons. The van der Waals surface area contributed by atoms with Gasteiger partial charge in [0.1, 0.15) is 10.6 Å². The van der Waals surface area contributed by atoms with E-state index in [2.05, 4.69) is 4.98 Å². The topological polar surface area (TPSA) is 76.5 Å². The molecule has 1 rings (SSSR count). The van der Waals surface area contributed by atoms with Gasteiger partial charge in [0, 0.05) is 11.6 Å². The minimum Gasteiger partial charge on any atom is -0.481 e. The lowest BCUT2D eigenvalue weighted by Gasteiger charge is -2.33. The second-order valence-corrected chi connectivity index (χ2v) is 7.99. The highest BCUT2D eigenvalue weighted by Gasteiger charge is 2.45. The van der Waals surface area contributed by atoms with E-state index in [1.54, 1.807) is 33.9 Å². The number of aliphatic carboxylic acids is 1. The molecule has 0 unspecified atom stereocenters. The molecule has 5 nitrogen and oxygen atoms in total. The number of esters is 1. The van der Waals surface area contributed by atoms with Crippen LogP contribution in [0.15, 0.2) is 17.7 Å². The second kappa shape index (κ2) is 8.42. The molecule has 0 spiro atoms. The molecule has 1 heterocycles. The highest BCUT2D eigenvalue weighted by atomic mass is 32.1. The summed E-state index contributed by atoms with van der Waals surface area (Å²) in [4.78, 5) is 28.7. The smallest absolute Gasteiger partial charge is 0.310 e. The lowest BCUT2D eigenvalue weighted by Crippen LogP contribution is -2.42. The van der Waals surface area contributed by atoms with Crippen LogP contribution in [-0.4, -0.2) is 27.6 Å². The third-order valence-electron chi connectivity index (χ3n) is 3.80. The molecule has 0 aromatic carbocycles. The lowest BCUT2D eigenvalue weighted by molar-refractivity contribution is -0.172. The molecule has 0 saturated heterocycles. The van der Waals surface area contributed by atoms with E-state index in [1.807, 2.05) is 24.5 Å². The summed E-state index contributed by atoms with van der Waals surface area (Å²) in [5.41, 5.74) is -1.82. The zero-order valence-corrected chi connectivity index (χ0v) is 15.9. The molecule has 0 aliphatic carbocycles. The van der Waals surface area contributed by atoms with Gasteiger partial charge in [0.2, 0.25) is 0 Å². The van der Waals surface area contributed by atoms with Crippen molar-refractivity contribution in [1.82, 2.24) is 4.98 Å². The fourth-order valence-corrected chi connectivity index (χ4v) is 3.12. The number of carboxylic acids is 1. The van der Waals surface area contributed by atoms with Crippen molar-refractivity contribution in [1.29, 1.82) is 0 Å². The number of carbonyl (C=O) groups is 2. The summed E-state index contributed by atoms with van der Waals surface area (Å²) in [6.07, 6.45) is 6.72. The molecule has 0 aliphatic rings. The number of ether oxygens (including phenoxy) is 1. The summed E-state index contributed by atoms with van der Waals surface area (Å²) < 4.78 is 5.48. The van der Waals surface area contributed by atoms with Crippen LogP contribution in [-0.2, 0) is 14.3 Å². The predicted octanol–water partition coefficient (Wildman–Crippen LogP) is 4.40. The number of thiazole rings is 1. The lowest BCUT2D eigenvalue weighted by atomic mass is 9.72. The van der Waals surface area contributed by atoms with Crippen LogP contribution in [0.2, 0.25) is 0 Å². The zero-order valence-electron chi connectivity index (χ0n) is 15.0. The Balaban J connectivity index is 3.05. The number of allylic oxidation sites excluding steroid dienone is 1. The van der Waals surface area contributed by atoms with Crippen LogP contribution < -0.4 is 0 Å². The van der Waals surface area contributed by atoms with Crippen molar-refractivity contribution >= 4 is 29.4 Å². The van der Waals surface area contributed by atoms with Gasteiger partial charge in [-0.05, 0) is 46.6 Å². The second-order valence-electron chi connectivity index (χ2n) is 7.07. The maximum Gasteiger partial charge on any atom is 0.310 e. The molecule has 0 radical (unpaired) electrons. The first-order chi connectivity index (χ1) is 11.1. The van der Waals surface area contributed by atoms with Crippen LogP contribution in [0.5, 0.6) is 0 Å². The average molecular weight is 353 g/mol. The van der Waals surface area contributed by atoms with Gasteiger partial charge in [0.05, 0.1) is 11.3 Å². The SMILES string of the molecule is CCC[C@@](C)(C(=O)O)[C@H](CC=Cc1nccs1)C(=O)OC(C)(C)C. The largest absolute Gasteiger partial charge is 0.481 e. The van der Waals surface area contributed by atoms with Crippen molar-refractivity contribution in [2.75, 3.05) is 0 Å². The third kappa shape index (κ3) is 5.74. The number of hydrogen-bond donors (Lipinski definition) is 1. The van der Waals surface area contributed by atoms with Crippen LogP contribution >= 0.6 is 11.3 Å². The van der Waals surface area contributed by atoms with E-state index in [1.165, 1.54) is 11.3 Å². The van der Waals surface area contributed by atoms with Crippen LogP contribution in [0.3, 0.4) is 0 Å². The minimum absolute atomic E-state index is 0.303. The Morgan fingerprint density at radius 1 is 1.38 bits per heavy atom. The van der Waals surface area contributed by atoms with Crippen molar-refractivity contribution in [3.8, 4) is 0 Å². The van der Waals surface area contributed by atoms with Crippen molar-refractivity contribution in [2.24, 2.45) is 11.3 Å². The summed E-state index contributed by atoms with van der Waals surface area (Å²) in [6.45, 7) is 8.89. The average Bonchev–Trinajstić information content (AvgIpc) is 2.94. The Kier molecular flexibility index (Phi) is 7.14. The van der Waals surface area contributed by atoms with E-state index in [4.69, 9.17) is 4.74 Å². The van der Waals surface area contributed by atoms with Crippen molar-refractivity contribution in [2.45, 2.75) is 59.5 Å². The van der Waals surface area contributed by atoms with Gasteiger partial charge in [0.15, 0.2) is 0 Å². The standard InChI is InChI=1S/C18H27NO4S/c1-6-10-18(5,16(21)22)13(15(20)23-17(2,3)4)8-7-9-14-19-11-12-24-14/h7,9,11-13H,6,8,10H2,1-5H3,(H,21,22)/t13-,18-/m1/s1. The Labute approximate surface area is 147 Å². The molecule has 0 fully saturated rings. The van der Waals surface area contributed by atoms with Gasteiger partial charge in [-0.25, -0.2) is 4.98 Å². The Bertz CT molecular complexity index is 574. The monoisotopic (exact) mass is 353 g/mol. The van der Waals surface area contributed by atoms with Crippen LogP contribution in [0.1, 0.15) is 58.9 Å². The first kappa shape index (κ1) is 20.4. The van der Waals surface area contributed by atoms with Gasteiger partial charge in [-0.2, -0.15) is 0 Å². The third-order valence-corrected chi connectivity index (χ3v) is 4.54. The normalized spacial score (nSPS) is 15.9. The van der Waals surface area contributed by atoms with Gasteiger partial charge >= 0.3 is 11.9 Å². The van der Waals surface area contributed by atoms with Crippen molar-refractivity contribution in [3.63, 3.8) is 0 Å². The van der Waals surface area contributed by atoms with Gasteiger partial charge in [-0.3, -0.25) is 9.59 Å². The van der Waals surface area contributed by atoms with E-state index >= 15 is 0 Å². The fourth-order valence-electron chi connectivity index (χ4n) is 2.56. The highest BCUT2D eigenvalue weighted by molar-refractivity contribution is 7.10. The molecule has 1 aromatic rings. The quantitative estimate of drug-likeness (QED) is 0.701. The van der Waals surface area contributed by atoms with E-state index in [9.17, 15) is 14.7 Å². The summed E-state index contributed by atoms with van der Waals surface area (Å²) in [7, 11) is 0. The number of nitrogens with zero attached hydrogens (tertiary/aromatic N) is 1. The fraction of sp³-hybridized carbons (Fsp3) is 0.611. The van der Waals surface area contributed by atoms with Gasteiger partial charge in [-0.1, -0.05) is 19.4 Å². The molecule has 0 amide bonds. The van der Waals surface area contributed by atoms with Gasteiger partial charge in [-0.15, -0.1) is 11.3 Å². The van der Waals surface area contributed by atoms with Crippen LogP contribution in [0, 0.1) is 11.3 Å². The Morgan fingerprint density at radius 3 is 2.50 bits per heavy atom. The predicted molar refractivity (Wildman–Crippen MR) is 95.8 cm³/mol. The maximum absolute atomic E-state index is 12.6. The molecule has 6 heteroatoms. The molecule has 0 bridgehead atoms. The Morgan fingerprint density at radius 2 is 2.04 bits per heavy atom. The van der Waals surface area contributed by atoms with E-state index in [-0.39, 0.29) is 0 Å². The minimum atomic E-state index is -1.16. The number of carboxylic acid groups (broad SMARTS) is 1. The van der Waals surface area contributed by atoms with Gasteiger partial charge < -0.3 is 9.84 Å². The number of rotatable bonds is 8. The van der Waals surface area contributed by atoms with Crippen molar-refractivity contribution < 1.29 is 19.4 Å². The summed E-state index contributed by atoms with van der Waals surface area (Å²) >= 11 is 1.49. The molecular weight excluding hydrogens is 326 g/mol. The number of hydrogen-bond acceptors (Lipinski definition) is 5. The first-order valence-electron chi connectivity index (χ1n) is 8.12.